The van der Waals surface area contributed by atoms with E-state index in [1.807, 2.05) is 20.8 Å². The molecule has 0 aliphatic carbocycles. The van der Waals surface area contributed by atoms with Crippen LogP contribution in [0.1, 0.15) is 31.0 Å². The van der Waals surface area contributed by atoms with Crippen LogP contribution >= 0.6 is 0 Å². The Balaban J connectivity index is 2.62. The van der Waals surface area contributed by atoms with Crippen molar-refractivity contribution in [2.24, 2.45) is 5.84 Å². The first-order valence-electron chi connectivity index (χ1n) is 6.53. The quantitative estimate of drug-likeness (QED) is 0.508. The molecule has 0 spiro atoms. The van der Waals surface area contributed by atoms with Gasteiger partial charge in [-0.2, -0.15) is 0 Å². The molecule has 0 aliphatic heterocycles. The fraction of sp³-hybridized carbons (Fsp3) is 0.286. The van der Waals surface area contributed by atoms with Crippen LogP contribution in [0.15, 0.2) is 24.3 Å². The number of nitrogens with one attached hydrogen (secondary N) is 1. The van der Waals surface area contributed by atoms with Crippen LogP contribution in [0.5, 0.6) is 0 Å². The number of nitro groups is 1. The Hall–Kier alpha value is -2.54. The monoisotopic (exact) mass is 287 g/mol. The molecule has 0 radical (unpaired) electrons. The smallest absolute Gasteiger partial charge is 0.270 e. The van der Waals surface area contributed by atoms with Crippen LogP contribution in [-0.2, 0) is 0 Å². The molecule has 0 saturated carbocycles. The Bertz CT molecular complexity index is 685. The van der Waals surface area contributed by atoms with E-state index in [2.05, 4.69) is 15.4 Å². The van der Waals surface area contributed by atoms with Crippen LogP contribution < -0.4 is 11.3 Å². The number of hydrazine groups is 1. The molecular formula is C14H17N5O2. The molecular weight excluding hydrogens is 270 g/mol. The van der Waals surface area contributed by atoms with E-state index >= 15 is 0 Å². The van der Waals surface area contributed by atoms with Gasteiger partial charge in [-0.15, -0.1) is 0 Å². The molecule has 21 heavy (non-hydrogen) atoms. The van der Waals surface area contributed by atoms with E-state index in [1.54, 1.807) is 12.1 Å². The van der Waals surface area contributed by atoms with Gasteiger partial charge in [0.05, 0.1) is 4.92 Å². The molecule has 0 saturated heterocycles. The van der Waals surface area contributed by atoms with E-state index in [1.165, 1.54) is 12.1 Å². The molecule has 0 unspecified atom stereocenters. The number of aromatic nitrogens is 2. The average molecular weight is 287 g/mol. The normalized spacial score (nSPS) is 10.7. The molecule has 0 amide bonds. The third kappa shape index (κ3) is 3.14. The fourth-order valence-electron chi connectivity index (χ4n) is 1.92. The highest BCUT2D eigenvalue weighted by Crippen LogP contribution is 2.27. The molecule has 0 fully saturated rings. The maximum atomic E-state index is 10.9. The molecule has 1 heterocycles. The highest BCUT2D eigenvalue weighted by Gasteiger charge is 2.15. The van der Waals surface area contributed by atoms with Gasteiger partial charge in [-0.3, -0.25) is 10.1 Å². The summed E-state index contributed by atoms with van der Waals surface area (Å²) in [6.45, 7) is 5.87. The fourth-order valence-corrected chi connectivity index (χ4v) is 1.92. The number of benzene rings is 1. The third-order valence-electron chi connectivity index (χ3n) is 3.16. The van der Waals surface area contributed by atoms with Gasteiger partial charge in [0.1, 0.15) is 5.82 Å². The van der Waals surface area contributed by atoms with Crippen molar-refractivity contribution < 1.29 is 4.92 Å². The molecule has 2 aromatic rings. The SMILES string of the molecule is Cc1ccc([N+](=O)[O-])cc1-c1nc(NN)cc(C(C)C)n1. The molecule has 7 nitrogen and oxygen atoms in total. The van der Waals surface area contributed by atoms with Crippen molar-refractivity contribution in [3.8, 4) is 11.4 Å². The number of anilines is 1. The van der Waals surface area contributed by atoms with Gasteiger partial charge in [0.25, 0.3) is 5.69 Å². The van der Waals surface area contributed by atoms with Gasteiger partial charge in [0.2, 0.25) is 0 Å². The lowest BCUT2D eigenvalue weighted by molar-refractivity contribution is -0.384. The second kappa shape index (κ2) is 5.84. The minimum Gasteiger partial charge on any atom is -0.308 e. The molecule has 2 rings (SSSR count). The summed E-state index contributed by atoms with van der Waals surface area (Å²) in [6, 6.07) is 6.40. The zero-order valence-corrected chi connectivity index (χ0v) is 12.1. The summed E-state index contributed by atoms with van der Waals surface area (Å²) in [5, 5.41) is 10.9. The van der Waals surface area contributed by atoms with Crippen LogP contribution in [0.4, 0.5) is 11.5 Å². The predicted octanol–water partition coefficient (Wildman–Crippen LogP) is 2.77. The minimum atomic E-state index is -0.433. The van der Waals surface area contributed by atoms with Gasteiger partial charge < -0.3 is 5.43 Å². The van der Waals surface area contributed by atoms with Gasteiger partial charge in [0.15, 0.2) is 5.82 Å². The van der Waals surface area contributed by atoms with Gasteiger partial charge in [-0.05, 0) is 18.4 Å². The number of nitrogens with two attached hydrogens (primary N) is 1. The van der Waals surface area contributed by atoms with E-state index in [0.29, 0.717) is 17.2 Å². The standard InChI is InChI=1S/C14H17N5O2/c1-8(2)12-7-13(18-15)17-14(16-12)11-6-10(19(20)21)5-4-9(11)3/h4-8H,15H2,1-3H3,(H,16,17,18). The number of nitrogens with zero attached hydrogens (tertiary/aromatic N) is 3. The number of aryl methyl sites for hydroxylation is 1. The van der Waals surface area contributed by atoms with E-state index in [9.17, 15) is 10.1 Å². The molecule has 7 heteroatoms. The van der Waals surface area contributed by atoms with Crippen LogP contribution in [0.25, 0.3) is 11.4 Å². The summed E-state index contributed by atoms with van der Waals surface area (Å²) in [5.74, 6) is 6.53. The minimum absolute atomic E-state index is 0.0106. The Morgan fingerprint density at radius 1 is 1.29 bits per heavy atom. The molecule has 1 aromatic carbocycles. The average Bonchev–Trinajstić information content (AvgIpc) is 2.46. The van der Waals surface area contributed by atoms with E-state index < -0.39 is 4.92 Å². The summed E-state index contributed by atoms with van der Waals surface area (Å²) in [7, 11) is 0. The molecule has 0 bridgehead atoms. The van der Waals surface area contributed by atoms with Gasteiger partial charge in [-0.25, -0.2) is 15.8 Å². The number of nitro benzene ring substituents is 1. The van der Waals surface area contributed by atoms with Crippen molar-refractivity contribution in [2.75, 3.05) is 5.43 Å². The van der Waals surface area contributed by atoms with E-state index in [-0.39, 0.29) is 11.6 Å². The topological polar surface area (TPSA) is 107 Å². The summed E-state index contributed by atoms with van der Waals surface area (Å²) in [5.41, 5.74) is 4.83. The number of non-ortho nitro benzene ring substituents is 1. The van der Waals surface area contributed by atoms with Crippen molar-refractivity contribution in [1.82, 2.24) is 9.97 Å². The first-order valence-corrected chi connectivity index (χ1v) is 6.53. The number of nitrogen functional groups attached to an aromatic ring is 1. The molecule has 0 aliphatic rings. The van der Waals surface area contributed by atoms with Gasteiger partial charge in [-0.1, -0.05) is 19.9 Å². The van der Waals surface area contributed by atoms with Crippen LogP contribution in [0.2, 0.25) is 0 Å². The Morgan fingerprint density at radius 3 is 2.57 bits per heavy atom. The summed E-state index contributed by atoms with van der Waals surface area (Å²) in [4.78, 5) is 19.3. The number of rotatable bonds is 4. The molecule has 1 aromatic heterocycles. The Morgan fingerprint density at radius 2 is 2.00 bits per heavy atom. The zero-order valence-electron chi connectivity index (χ0n) is 12.1. The third-order valence-corrected chi connectivity index (χ3v) is 3.16. The molecule has 0 atom stereocenters. The summed E-state index contributed by atoms with van der Waals surface area (Å²) >= 11 is 0. The van der Waals surface area contributed by atoms with Gasteiger partial charge in [0, 0.05) is 29.5 Å². The van der Waals surface area contributed by atoms with Crippen molar-refractivity contribution in [2.45, 2.75) is 26.7 Å². The van der Waals surface area contributed by atoms with E-state index in [0.717, 1.165) is 11.3 Å². The van der Waals surface area contributed by atoms with Gasteiger partial charge >= 0.3 is 0 Å². The van der Waals surface area contributed by atoms with Crippen LogP contribution in [0.3, 0.4) is 0 Å². The lowest BCUT2D eigenvalue weighted by atomic mass is 10.1. The Kier molecular flexibility index (Phi) is 4.13. The maximum absolute atomic E-state index is 10.9. The lowest BCUT2D eigenvalue weighted by Crippen LogP contribution is -2.11. The van der Waals surface area contributed by atoms with Crippen LogP contribution in [-0.4, -0.2) is 14.9 Å². The predicted molar refractivity (Wildman–Crippen MR) is 80.8 cm³/mol. The molecule has 110 valence electrons. The first kappa shape index (κ1) is 14.9. The lowest BCUT2D eigenvalue weighted by Gasteiger charge is -2.11. The largest absolute Gasteiger partial charge is 0.308 e. The Labute approximate surface area is 122 Å². The van der Waals surface area contributed by atoms with E-state index in [4.69, 9.17) is 5.84 Å². The zero-order chi connectivity index (χ0) is 15.6. The van der Waals surface area contributed by atoms with Crippen LogP contribution in [0, 0.1) is 17.0 Å². The number of hydrogen-bond acceptors (Lipinski definition) is 6. The van der Waals surface area contributed by atoms with Crippen molar-refractivity contribution in [3.63, 3.8) is 0 Å². The van der Waals surface area contributed by atoms with Crippen molar-refractivity contribution in [1.29, 1.82) is 0 Å². The number of hydrogen-bond donors (Lipinski definition) is 2. The second-order valence-corrected chi connectivity index (χ2v) is 5.06. The highest BCUT2D eigenvalue weighted by atomic mass is 16.6. The maximum Gasteiger partial charge on any atom is 0.270 e. The summed E-state index contributed by atoms with van der Waals surface area (Å²) in [6.07, 6.45) is 0. The second-order valence-electron chi connectivity index (χ2n) is 5.06. The van der Waals surface area contributed by atoms with Crippen molar-refractivity contribution >= 4 is 11.5 Å². The first-order chi connectivity index (χ1) is 9.92. The molecule has 3 N–H and O–H groups in total. The highest BCUT2D eigenvalue weighted by molar-refractivity contribution is 5.65. The van der Waals surface area contributed by atoms with Crippen molar-refractivity contribution in [3.05, 3.63) is 45.6 Å². The summed E-state index contributed by atoms with van der Waals surface area (Å²) < 4.78 is 0.